The Hall–Kier alpha value is -2.36. The predicted octanol–water partition coefficient (Wildman–Crippen LogP) is 2.52. The molecule has 86 valence electrons. The van der Waals surface area contributed by atoms with Gasteiger partial charge in [0.1, 0.15) is 0 Å². The van der Waals surface area contributed by atoms with Crippen molar-refractivity contribution < 1.29 is 19.1 Å². The van der Waals surface area contributed by atoms with Gasteiger partial charge in [0, 0.05) is 5.56 Å². The topological polar surface area (TPSA) is 67.5 Å². The van der Waals surface area contributed by atoms with Crippen molar-refractivity contribution in [2.45, 2.75) is 6.92 Å². The van der Waals surface area contributed by atoms with Crippen LogP contribution in [0.3, 0.4) is 0 Å². The summed E-state index contributed by atoms with van der Waals surface area (Å²) in [6.45, 7) is 1.81. The minimum absolute atomic E-state index is 0.0386. The molecule has 0 aliphatic rings. The number of carbonyl (C=O) groups excluding carboxylic acids is 1. The number of furan rings is 1. The van der Waals surface area contributed by atoms with Crippen LogP contribution < -0.4 is 0 Å². The molecule has 0 atom stereocenters. The van der Waals surface area contributed by atoms with E-state index in [0.717, 1.165) is 5.56 Å². The molecule has 0 unspecified atom stereocenters. The van der Waals surface area contributed by atoms with Crippen LogP contribution >= 0.6 is 0 Å². The fraction of sp³-hybridized carbons (Fsp3) is 0.0769. The van der Waals surface area contributed by atoms with E-state index in [2.05, 4.69) is 0 Å². The van der Waals surface area contributed by atoms with Gasteiger partial charge in [0.2, 0.25) is 11.5 Å². The molecular weight excluding hydrogens is 220 g/mol. The summed E-state index contributed by atoms with van der Waals surface area (Å²) in [4.78, 5) is 22.7. The fourth-order valence-electron chi connectivity index (χ4n) is 1.54. The second kappa shape index (κ2) is 4.25. The van der Waals surface area contributed by atoms with Crippen molar-refractivity contribution in [3.63, 3.8) is 0 Å². The molecule has 0 spiro atoms. The average Bonchev–Trinajstić information content (AvgIpc) is 2.78. The zero-order chi connectivity index (χ0) is 12.4. The van der Waals surface area contributed by atoms with E-state index in [1.165, 1.54) is 12.1 Å². The van der Waals surface area contributed by atoms with Gasteiger partial charge in [0.05, 0.1) is 0 Å². The first-order chi connectivity index (χ1) is 8.09. The SMILES string of the molecule is Cc1ccccc1C(=O)c1ccc(C(=O)O)o1. The van der Waals surface area contributed by atoms with Crippen LogP contribution in [0.4, 0.5) is 0 Å². The number of carboxylic acids is 1. The molecule has 0 aliphatic heterocycles. The molecule has 0 saturated carbocycles. The van der Waals surface area contributed by atoms with Gasteiger partial charge in [-0.05, 0) is 24.6 Å². The molecule has 4 heteroatoms. The fourth-order valence-corrected chi connectivity index (χ4v) is 1.54. The van der Waals surface area contributed by atoms with Gasteiger partial charge in [-0.15, -0.1) is 0 Å². The lowest BCUT2D eigenvalue weighted by atomic mass is 10.0. The zero-order valence-corrected chi connectivity index (χ0v) is 9.14. The summed E-state index contributed by atoms with van der Waals surface area (Å²) >= 11 is 0. The lowest BCUT2D eigenvalue weighted by Gasteiger charge is -2.01. The van der Waals surface area contributed by atoms with E-state index in [1.54, 1.807) is 12.1 Å². The van der Waals surface area contributed by atoms with Crippen molar-refractivity contribution in [3.8, 4) is 0 Å². The highest BCUT2D eigenvalue weighted by Gasteiger charge is 2.17. The minimum atomic E-state index is -1.19. The van der Waals surface area contributed by atoms with Crippen molar-refractivity contribution in [2.75, 3.05) is 0 Å². The van der Waals surface area contributed by atoms with E-state index in [-0.39, 0.29) is 17.3 Å². The first-order valence-electron chi connectivity index (χ1n) is 5.03. The molecule has 0 aliphatic carbocycles. The molecule has 4 nitrogen and oxygen atoms in total. The highest BCUT2D eigenvalue weighted by Crippen LogP contribution is 2.16. The quantitative estimate of drug-likeness (QED) is 0.822. The molecule has 2 aromatic rings. The van der Waals surface area contributed by atoms with Crippen LogP contribution in [0.25, 0.3) is 0 Å². The number of aromatic carboxylic acids is 1. The first-order valence-corrected chi connectivity index (χ1v) is 5.03. The monoisotopic (exact) mass is 230 g/mol. The summed E-state index contributed by atoms with van der Waals surface area (Å²) < 4.78 is 4.97. The van der Waals surface area contributed by atoms with E-state index in [0.29, 0.717) is 5.56 Å². The number of ketones is 1. The van der Waals surface area contributed by atoms with Crippen LogP contribution in [-0.2, 0) is 0 Å². The summed E-state index contributed by atoms with van der Waals surface area (Å²) in [7, 11) is 0. The Morgan fingerprint density at radius 3 is 2.29 bits per heavy atom. The molecule has 2 rings (SSSR count). The summed E-state index contributed by atoms with van der Waals surface area (Å²) in [5, 5.41) is 8.70. The molecular formula is C13H10O4. The summed E-state index contributed by atoms with van der Waals surface area (Å²) in [5.74, 6) is -1.69. The second-order valence-corrected chi connectivity index (χ2v) is 3.61. The molecule has 0 bridgehead atoms. The zero-order valence-electron chi connectivity index (χ0n) is 9.14. The Kier molecular flexibility index (Phi) is 2.78. The van der Waals surface area contributed by atoms with Crippen LogP contribution in [-0.4, -0.2) is 16.9 Å². The third kappa shape index (κ3) is 2.10. The molecule has 1 aromatic heterocycles. The number of hydrogen-bond acceptors (Lipinski definition) is 3. The maximum Gasteiger partial charge on any atom is 0.371 e. The number of aryl methyl sites for hydroxylation is 1. The number of hydrogen-bond donors (Lipinski definition) is 1. The van der Waals surface area contributed by atoms with Crippen LogP contribution in [0, 0.1) is 6.92 Å². The van der Waals surface area contributed by atoms with Gasteiger partial charge < -0.3 is 9.52 Å². The van der Waals surface area contributed by atoms with Gasteiger partial charge in [0.15, 0.2) is 5.76 Å². The molecule has 0 saturated heterocycles. The van der Waals surface area contributed by atoms with Gasteiger partial charge in [0.25, 0.3) is 0 Å². The maximum atomic E-state index is 12.0. The standard InChI is InChI=1S/C13H10O4/c1-8-4-2-3-5-9(8)12(14)10-6-7-11(17-10)13(15)16/h2-7H,1H3,(H,15,16). The Morgan fingerprint density at radius 1 is 1.06 bits per heavy atom. The smallest absolute Gasteiger partial charge is 0.371 e. The predicted molar refractivity (Wildman–Crippen MR) is 60.3 cm³/mol. The third-order valence-corrected chi connectivity index (χ3v) is 2.43. The number of benzene rings is 1. The molecule has 17 heavy (non-hydrogen) atoms. The van der Waals surface area contributed by atoms with Crippen molar-refractivity contribution in [1.82, 2.24) is 0 Å². The van der Waals surface area contributed by atoms with Crippen molar-refractivity contribution in [2.24, 2.45) is 0 Å². The maximum absolute atomic E-state index is 12.0. The number of rotatable bonds is 3. The van der Waals surface area contributed by atoms with Crippen LogP contribution in [0.15, 0.2) is 40.8 Å². The third-order valence-electron chi connectivity index (χ3n) is 2.43. The van der Waals surface area contributed by atoms with E-state index in [1.807, 2.05) is 19.1 Å². The Labute approximate surface area is 97.5 Å². The lowest BCUT2D eigenvalue weighted by Crippen LogP contribution is -2.02. The molecule has 0 radical (unpaired) electrons. The Balaban J connectivity index is 2.37. The van der Waals surface area contributed by atoms with Crippen molar-refractivity contribution in [1.29, 1.82) is 0 Å². The van der Waals surface area contributed by atoms with E-state index in [4.69, 9.17) is 9.52 Å². The first kappa shape index (κ1) is 11.1. The van der Waals surface area contributed by atoms with E-state index in [9.17, 15) is 9.59 Å². The normalized spacial score (nSPS) is 10.2. The van der Waals surface area contributed by atoms with Crippen molar-refractivity contribution in [3.05, 3.63) is 59.0 Å². The summed E-state index contributed by atoms with van der Waals surface area (Å²) in [6.07, 6.45) is 0. The summed E-state index contributed by atoms with van der Waals surface area (Å²) in [6, 6.07) is 9.72. The van der Waals surface area contributed by atoms with E-state index < -0.39 is 5.97 Å². The van der Waals surface area contributed by atoms with Gasteiger partial charge in [-0.3, -0.25) is 4.79 Å². The van der Waals surface area contributed by atoms with E-state index >= 15 is 0 Å². The number of carboxylic acid groups (broad SMARTS) is 1. The lowest BCUT2D eigenvalue weighted by molar-refractivity contribution is 0.0660. The molecule has 0 amide bonds. The van der Waals surface area contributed by atoms with Crippen LogP contribution in [0.5, 0.6) is 0 Å². The number of carbonyl (C=O) groups is 2. The molecule has 1 aromatic carbocycles. The van der Waals surface area contributed by atoms with Gasteiger partial charge in [-0.25, -0.2) is 4.79 Å². The minimum Gasteiger partial charge on any atom is -0.475 e. The molecule has 1 heterocycles. The van der Waals surface area contributed by atoms with Crippen molar-refractivity contribution >= 4 is 11.8 Å². The highest BCUT2D eigenvalue weighted by atomic mass is 16.4. The Bertz CT molecular complexity index is 581. The second-order valence-electron chi connectivity index (χ2n) is 3.61. The van der Waals surface area contributed by atoms with Crippen LogP contribution in [0.2, 0.25) is 0 Å². The molecule has 0 fully saturated rings. The van der Waals surface area contributed by atoms with Gasteiger partial charge in [-0.2, -0.15) is 0 Å². The van der Waals surface area contributed by atoms with Crippen LogP contribution in [0.1, 0.15) is 32.2 Å². The van der Waals surface area contributed by atoms with Gasteiger partial charge in [-0.1, -0.05) is 24.3 Å². The Morgan fingerprint density at radius 2 is 1.71 bits per heavy atom. The largest absolute Gasteiger partial charge is 0.475 e. The molecule has 1 N–H and O–H groups in total. The average molecular weight is 230 g/mol. The summed E-state index contributed by atoms with van der Waals surface area (Å²) in [5.41, 5.74) is 1.34. The van der Waals surface area contributed by atoms with Gasteiger partial charge >= 0.3 is 5.97 Å². The highest BCUT2D eigenvalue weighted by molar-refractivity contribution is 6.08.